The Morgan fingerprint density at radius 2 is 2.09 bits per heavy atom. The van der Waals surface area contributed by atoms with Crippen LogP contribution in [-0.2, 0) is 16.6 Å². The van der Waals surface area contributed by atoms with Gasteiger partial charge in [-0.15, -0.1) is 0 Å². The van der Waals surface area contributed by atoms with Gasteiger partial charge < -0.3 is 14.2 Å². The predicted molar refractivity (Wildman–Crippen MR) is 124 cm³/mol. The lowest BCUT2D eigenvalue weighted by Crippen LogP contribution is -2.41. The quantitative estimate of drug-likeness (QED) is 0.568. The highest BCUT2D eigenvalue weighted by molar-refractivity contribution is 5.91. The molecule has 0 amide bonds. The maximum Gasteiger partial charge on any atom is 0.219 e. The van der Waals surface area contributed by atoms with Crippen molar-refractivity contribution >= 4 is 5.78 Å². The van der Waals surface area contributed by atoms with E-state index in [0.29, 0.717) is 48.1 Å². The molecule has 3 aromatic heterocycles. The average molecular weight is 463 g/mol. The zero-order valence-electron chi connectivity index (χ0n) is 19.6. The lowest BCUT2D eigenvalue weighted by molar-refractivity contribution is -0.128. The largest absolute Gasteiger partial charge is 0.476 e. The molecule has 2 fully saturated rings. The molecule has 1 saturated heterocycles. The number of hydrogen-bond acceptors (Lipinski definition) is 8. The highest BCUT2D eigenvalue weighted by Crippen LogP contribution is 2.47. The van der Waals surface area contributed by atoms with E-state index in [1.807, 2.05) is 16.8 Å². The number of ether oxygens (including phenoxy) is 1. The average Bonchev–Trinajstić information content (AvgIpc) is 3.61. The zero-order chi connectivity index (χ0) is 23.1. The summed E-state index contributed by atoms with van der Waals surface area (Å²) < 4.78 is 13.9. The lowest BCUT2D eigenvalue weighted by atomic mass is 9.64. The van der Waals surface area contributed by atoms with Crippen LogP contribution in [0.5, 0.6) is 5.88 Å². The molecule has 9 nitrogen and oxygen atoms in total. The summed E-state index contributed by atoms with van der Waals surface area (Å²) >= 11 is 0. The molecule has 0 N–H and O–H groups in total. The molecule has 0 unspecified atom stereocenters. The molecule has 34 heavy (non-hydrogen) atoms. The standard InChI is InChI=1S/C25H30N6O3/c1-30-12-5-6-17(30)15-33-21-14-20(31-13-11-26-16-31)27-24(28-21)22-18-7-4-10-25(23(18)34-29-22)9-3-2-8-19(25)32/h11,13-14,16-17H,2-10,12,15H2,1H3/t17-,25+/m0/s1. The SMILES string of the molecule is CN1CCC[C@H]1COc1cc(-n2ccnc2)nc(-c2noc3c2CCC[C@@]32CCCCC2=O)n1. The van der Waals surface area contributed by atoms with E-state index in [2.05, 4.69) is 22.1 Å². The smallest absolute Gasteiger partial charge is 0.219 e. The molecule has 6 rings (SSSR count). The third kappa shape index (κ3) is 3.62. The Kier molecular flexibility index (Phi) is 5.44. The molecule has 2 atom stereocenters. The first-order chi connectivity index (χ1) is 16.6. The minimum atomic E-state index is -0.522. The van der Waals surface area contributed by atoms with Gasteiger partial charge in [-0.05, 0) is 58.5 Å². The van der Waals surface area contributed by atoms with Crippen LogP contribution in [0.3, 0.4) is 0 Å². The van der Waals surface area contributed by atoms with Crippen molar-refractivity contribution in [3.63, 3.8) is 0 Å². The summed E-state index contributed by atoms with van der Waals surface area (Å²) in [6.07, 6.45) is 13.6. The fourth-order valence-corrected chi connectivity index (χ4v) is 5.86. The number of ketones is 1. The van der Waals surface area contributed by atoms with E-state index in [1.54, 1.807) is 12.5 Å². The van der Waals surface area contributed by atoms with Crippen LogP contribution in [0.25, 0.3) is 17.3 Å². The molecule has 3 aromatic rings. The van der Waals surface area contributed by atoms with Gasteiger partial charge in [0.05, 0.1) is 5.41 Å². The van der Waals surface area contributed by atoms with Crippen LogP contribution in [0.2, 0.25) is 0 Å². The van der Waals surface area contributed by atoms with E-state index < -0.39 is 5.41 Å². The first-order valence-electron chi connectivity index (χ1n) is 12.4. The topological polar surface area (TPSA) is 99.2 Å². The maximum atomic E-state index is 13.0. The van der Waals surface area contributed by atoms with Crippen LogP contribution in [0, 0.1) is 0 Å². The highest BCUT2D eigenvalue weighted by atomic mass is 16.5. The summed E-state index contributed by atoms with van der Waals surface area (Å²) in [5, 5.41) is 4.42. The Morgan fingerprint density at radius 3 is 2.88 bits per heavy atom. The second kappa shape index (κ2) is 8.61. The van der Waals surface area contributed by atoms with Gasteiger partial charge in [0, 0.05) is 36.5 Å². The van der Waals surface area contributed by atoms with Crippen molar-refractivity contribution in [3.05, 3.63) is 36.1 Å². The fourth-order valence-electron chi connectivity index (χ4n) is 5.86. The van der Waals surface area contributed by atoms with Gasteiger partial charge in [0.15, 0.2) is 17.3 Å². The number of aromatic nitrogens is 5. The summed E-state index contributed by atoms with van der Waals surface area (Å²) in [7, 11) is 2.13. The Morgan fingerprint density at radius 1 is 1.18 bits per heavy atom. The molecule has 1 spiro atoms. The Bertz CT molecular complexity index is 1190. The molecular weight excluding hydrogens is 432 g/mol. The van der Waals surface area contributed by atoms with E-state index in [0.717, 1.165) is 62.8 Å². The van der Waals surface area contributed by atoms with Crippen LogP contribution in [0.15, 0.2) is 29.3 Å². The molecule has 3 aliphatic rings. The third-order valence-electron chi connectivity index (χ3n) is 7.81. The van der Waals surface area contributed by atoms with Crippen LogP contribution in [0.1, 0.15) is 62.7 Å². The Hall–Kier alpha value is -3.07. The molecule has 1 aliphatic heterocycles. The van der Waals surface area contributed by atoms with E-state index in [4.69, 9.17) is 19.2 Å². The number of nitrogens with zero attached hydrogens (tertiary/aromatic N) is 6. The van der Waals surface area contributed by atoms with Crippen LogP contribution >= 0.6 is 0 Å². The van der Waals surface area contributed by atoms with Crippen molar-refractivity contribution in [2.75, 3.05) is 20.2 Å². The number of fused-ring (bicyclic) bond motifs is 2. The number of carbonyl (C=O) groups is 1. The van der Waals surface area contributed by atoms with Crippen LogP contribution in [-0.4, -0.2) is 61.6 Å². The molecule has 9 heteroatoms. The van der Waals surface area contributed by atoms with E-state index in [9.17, 15) is 4.79 Å². The molecule has 178 valence electrons. The molecule has 2 aliphatic carbocycles. The first kappa shape index (κ1) is 21.5. The number of rotatable bonds is 5. The molecular formula is C25H30N6O3. The van der Waals surface area contributed by atoms with Gasteiger partial charge >= 0.3 is 0 Å². The lowest BCUT2D eigenvalue weighted by Gasteiger charge is -2.36. The summed E-state index contributed by atoms with van der Waals surface area (Å²) in [6.45, 7) is 1.67. The van der Waals surface area contributed by atoms with Gasteiger partial charge in [-0.3, -0.25) is 9.36 Å². The minimum Gasteiger partial charge on any atom is -0.476 e. The van der Waals surface area contributed by atoms with Crippen LogP contribution in [0.4, 0.5) is 0 Å². The van der Waals surface area contributed by atoms with Crippen LogP contribution < -0.4 is 4.74 Å². The van der Waals surface area contributed by atoms with Gasteiger partial charge in [0.2, 0.25) is 5.88 Å². The normalized spacial score (nSPS) is 25.1. The molecule has 0 bridgehead atoms. The molecule has 0 aromatic carbocycles. The first-order valence-corrected chi connectivity index (χ1v) is 12.4. The van der Waals surface area contributed by atoms with E-state index >= 15 is 0 Å². The zero-order valence-corrected chi connectivity index (χ0v) is 19.6. The molecule has 1 saturated carbocycles. The van der Waals surface area contributed by atoms with Crippen molar-refractivity contribution in [3.8, 4) is 23.2 Å². The van der Waals surface area contributed by atoms with E-state index in [1.165, 1.54) is 6.42 Å². The van der Waals surface area contributed by atoms with Crippen molar-refractivity contribution in [2.24, 2.45) is 0 Å². The molecule has 4 heterocycles. The van der Waals surface area contributed by atoms with Crippen molar-refractivity contribution in [2.45, 2.75) is 69.2 Å². The number of imidazole rings is 1. The monoisotopic (exact) mass is 462 g/mol. The molecule has 0 radical (unpaired) electrons. The number of likely N-dealkylation sites (tertiary alicyclic amines) is 1. The van der Waals surface area contributed by atoms with Gasteiger partial charge in [0.1, 0.15) is 24.5 Å². The number of Topliss-reactive ketones (excluding diaryl/α,β-unsaturated/α-hetero) is 1. The number of likely N-dealkylation sites (N-methyl/N-ethyl adjacent to an activating group) is 1. The van der Waals surface area contributed by atoms with Gasteiger partial charge in [-0.2, -0.15) is 4.98 Å². The Balaban J connectivity index is 1.38. The number of carbonyl (C=O) groups excluding carboxylic acids is 1. The Labute approximate surface area is 198 Å². The van der Waals surface area contributed by atoms with Gasteiger partial charge in [-0.1, -0.05) is 11.6 Å². The summed E-state index contributed by atoms with van der Waals surface area (Å²) in [4.78, 5) is 29.0. The maximum absolute atomic E-state index is 13.0. The second-order valence-corrected chi connectivity index (χ2v) is 9.85. The predicted octanol–water partition coefficient (Wildman–Crippen LogP) is 3.51. The fraction of sp³-hybridized carbons (Fsp3) is 0.560. The third-order valence-corrected chi connectivity index (χ3v) is 7.81. The van der Waals surface area contributed by atoms with Crippen molar-refractivity contribution in [1.29, 1.82) is 0 Å². The van der Waals surface area contributed by atoms with E-state index in [-0.39, 0.29) is 0 Å². The van der Waals surface area contributed by atoms with Gasteiger partial charge in [-0.25, -0.2) is 9.97 Å². The number of hydrogen-bond donors (Lipinski definition) is 0. The highest BCUT2D eigenvalue weighted by Gasteiger charge is 2.48. The minimum absolute atomic E-state index is 0.292. The van der Waals surface area contributed by atoms with Crippen molar-refractivity contribution < 1.29 is 14.1 Å². The van der Waals surface area contributed by atoms with Gasteiger partial charge in [0.25, 0.3) is 0 Å². The van der Waals surface area contributed by atoms with Crippen molar-refractivity contribution in [1.82, 2.24) is 29.6 Å². The summed E-state index contributed by atoms with van der Waals surface area (Å²) in [5.74, 6) is 2.66. The second-order valence-electron chi connectivity index (χ2n) is 9.85. The summed E-state index contributed by atoms with van der Waals surface area (Å²) in [5.41, 5.74) is 1.08. The summed E-state index contributed by atoms with van der Waals surface area (Å²) in [6, 6.07) is 2.21.